The van der Waals surface area contributed by atoms with Gasteiger partial charge >= 0.3 is 0 Å². The summed E-state index contributed by atoms with van der Waals surface area (Å²) in [5, 5.41) is 3.12. The molecule has 1 aromatic rings. The second-order valence-electron chi connectivity index (χ2n) is 4.06. The van der Waals surface area contributed by atoms with E-state index in [0.29, 0.717) is 11.7 Å². The smallest absolute Gasteiger partial charge is 0.290 e. The fourth-order valence-electron chi connectivity index (χ4n) is 1.52. The number of anilines is 1. The quantitative estimate of drug-likeness (QED) is 0.780. The molecule has 1 heterocycles. The normalized spacial score (nSPS) is 14.6. The van der Waals surface area contributed by atoms with E-state index in [1.54, 1.807) is 6.20 Å². The Bertz CT molecular complexity index is 348. The molecular formula is C11H19N3O. The van der Waals surface area contributed by atoms with Crippen molar-refractivity contribution in [2.24, 2.45) is 5.92 Å². The Hall–Kier alpha value is -1.32. The molecule has 2 atom stereocenters. The first-order chi connectivity index (χ1) is 7.13. The predicted molar refractivity (Wildman–Crippen MR) is 62.0 cm³/mol. The highest BCUT2D eigenvalue weighted by Gasteiger charge is 2.09. The highest BCUT2D eigenvalue weighted by Crippen LogP contribution is 2.11. The lowest BCUT2D eigenvalue weighted by Gasteiger charge is -2.17. The third kappa shape index (κ3) is 3.73. The molecule has 2 N–H and O–H groups in total. The SMILES string of the molecule is CCC(C)CC(C)Nc1ncc[nH]c1=O. The maximum atomic E-state index is 11.3. The third-order valence-electron chi connectivity index (χ3n) is 2.54. The Balaban J connectivity index is 2.55. The van der Waals surface area contributed by atoms with Gasteiger partial charge in [0.05, 0.1) is 0 Å². The van der Waals surface area contributed by atoms with E-state index >= 15 is 0 Å². The van der Waals surface area contributed by atoms with E-state index in [0.717, 1.165) is 12.8 Å². The first kappa shape index (κ1) is 11.8. The van der Waals surface area contributed by atoms with Crippen molar-refractivity contribution in [3.8, 4) is 0 Å². The van der Waals surface area contributed by atoms with Crippen LogP contribution in [0.1, 0.15) is 33.6 Å². The molecule has 4 heteroatoms. The third-order valence-corrected chi connectivity index (χ3v) is 2.54. The molecule has 0 aromatic carbocycles. The molecule has 0 aliphatic heterocycles. The highest BCUT2D eigenvalue weighted by molar-refractivity contribution is 5.31. The second-order valence-corrected chi connectivity index (χ2v) is 4.06. The van der Waals surface area contributed by atoms with E-state index in [1.165, 1.54) is 6.20 Å². The molecule has 15 heavy (non-hydrogen) atoms. The summed E-state index contributed by atoms with van der Waals surface area (Å²) in [5.41, 5.74) is -0.159. The van der Waals surface area contributed by atoms with E-state index in [4.69, 9.17) is 0 Å². The van der Waals surface area contributed by atoms with Gasteiger partial charge in [0, 0.05) is 18.4 Å². The molecule has 0 saturated heterocycles. The lowest BCUT2D eigenvalue weighted by atomic mass is 10.0. The van der Waals surface area contributed by atoms with Crippen LogP contribution >= 0.6 is 0 Å². The van der Waals surface area contributed by atoms with Gasteiger partial charge in [0.2, 0.25) is 0 Å². The van der Waals surface area contributed by atoms with Gasteiger partial charge in [-0.15, -0.1) is 0 Å². The summed E-state index contributed by atoms with van der Waals surface area (Å²) in [7, 11) is 0. The summed E-state index contributed by atoms with van der Waals surface area (Å²) < 4.78 is 0. The predicted octanol–water partition coefficient (Wildman–Crippen LogP) is 2.01. The van der Waals surface area contributed by atoms with E-state index in [1.807, 2.05) is 0 Å². The fourth-order valence-corrected chi connectivity index (χ4v) is 1.52. The number of nitrogens with one attached hydrogen (secondary N) is 2. The number of hydrogen-bond donors (Lipinski definition) is 2. The average molecular weight is 209 g/mol. The van der Waals surface area contributed by atoms with Crippen LogP contribution in [0.15, 0.2) is 17.2 Å². The van der Waals surface area contributed by atoms with E-state index in [9.17, 15) is 4.79 Å². The van der Waals surface area contributed by atoms with Gasteiger partial charge in [0.25, 0.3) is 5.56 Å². The van der Waals surface area contributed by atoms with Crippen LogP contribution in [0.3, 0.4) is 0 Å². The van der Waals surface area contributed by atoms with Crippen molar-refractivity contribution < 1.29 is 0 Å². The van der Waals surface area contributed by atoms with Gasteiger partial charge in [0.15, 0.2) is 5.82 Å². The molecular weight excluding hydrogens is 190 g/mol. The molecule has 0 spiro atoms. The van der Waals surface area contributed by atoms with Crippen LogP contribution in [0, 0.1) is 5.92 Å². The zero-order valence-electron chi connectivity index (χ0n) is 9.58. The van der Waals surface area contributed by atoms with Crippen LogP contribution in [0.5, 0.6) is 0 Å². The van der Waals surface area contributed by atoms with Gasteiger partial charge in [-0.3, -0.25) is 4.79 Å². The standard InChI is InChI=1S/C11H19N3O/c1-4-8(2)7-9(3)14-10-11(15)13-6-5-12-10/h5-6,8-9H,4,7H2,1-3H3,(H,12,14)(H,13,15). The zero-order valence-corrected chi connectivity index (χ0v) is 9.58. The second kappa shape index (κ2) is 5.53. The average Bonchev–Trinajstić information content (AvgIpc) is 2.21. The maximum Gasteiger partial charge on any atom is 0.290 e. The minimum atomic E-state index is -0.159. The zero-order chi connectivity index (χ0) is 11.3. The van der Waals surface area contributed by atoms with Crippen molar-refractivity contribution in [2.45, 2.75) is 39.7 Å². The van der Waals surface area contributed by atoms with Gasteiger partial charge in [0.1, 0.15) is 0 Å². The molecule has 0 aliphatic rings. The van der Waals surface area contributed by atoms with Crippen LogP contribution in [0.4, 0.5) is 5.82 Å². The van der Waals surface area contributed by atoms with Crippen LogP contribution in [-0.2, 0) is 0 Å². The van der Waals surface area contributed by atoms with Gasteiger partial charge in [-0.1, -0.05) is 20.3 Å². The van der Waals surface area contributed by atoms with Crippen LogP contribution in [0.2, 0.25) is 0 Å². The summed E-state index contributed by atoms with van der Waals surface area (Å²) in [6.07, 6.45) is 5.32. The Morgan fingerprint density at radius 3 is 2.87 bits per heavy atom. The summed E-state index contributed by atoms with van der Waals surface area (Å²) in [6.45, 7) is 6.45. The Labute approximate surface area is 90.1 Å². The van der Waals surface area contributed by atoms with E-state index < -0.39 is 0 Å². The molecule has 4 nitrogen and oxygen atoms in total. The van der Waals surface area contributed by atoms with Crippen molar-refractivity contribution >= 4 is 5.82 Å². The van der Waals surface area contributed by atoms with Crippen molar-refractivity contribution in [3.63, 3.8) is 0 Å². The first-order valence-electron chi connectivity index (χ1n) is 5.43. The number of rotatable bonds is 5. The molecule has 1 aromatic heterocycles. The Morgan fingerprint density at radius 2 is 2.27 bits per heavy atom. The van der Waals surface area contributed by atoms with Gasteiger partial charge < -0.3 is 10.3 Å². The van der Waals surface area contributed by atoms with E-state index in [2.05, 4.69) is 36.1 Å². The summed E-state index contributed by atoms with van der Waals surface area (Å²) in [6, 6.07) is 0.274. The molecule has 1 rings (SSSR count). The Kier molecular flexibility index (Phi) is 4.34. The number of nitrogens with zero attached hydrogens (tertiary/aromatic N) is 1. The van der Waals surface area contributed by atoms with Crippen molar-refractivity contribution in [3.05, 3.63) is 22.7 Å². The molecule has 0 amide bonds. The lowest BCUT2D eigenvalue weighted by Crippen LogP contribution is -2.24. The molecule has 0 radical (unpaired) electrons. The van der Waals surface area contributed by atoms with Gasteiger partial charge in [-0.25, -0.2) is 4.98 Å². The minimum absolute atomic E-state index is 0.159. The molecule has 0 aliphatic carbocycles. The number of H-pyrrole nitrogens is 1. The number of aromatic amines is 1. The topological polar surface area (TPSA) is 57.8 Å². The van der Waals surface area contributed by atoms with Crippen LogP contribution < -0.4 is 10.9 Å². The van der Waals surface area contributed by atoms with Crippen molar-refractivity contribution in [2.75, 3.05) is 5.32 Å². The number of aromatic nitrogens is 2. The largest absolute Gasteiger partial charge is 0.363 e. The van der Waals surface area contributed by atoms with Crippen LogP contribution in [-0.4, -0.2) is 16.0 Å². The number of hydrogen-bond acceptors (Lipinski definition) is 3. The maximum absolute atomic E-state index is 11.3. The molecule has 84 valence electrons. The molecule has 0 bridgehead atoms. The summed E-state index contributed by atoms with van der Waals surface area (Å²) >= 11 is 0. The summed E-state index contributed by atoms with van der Waals surface area (Å²) in [5.74, 6) is 1.07. The fraction of sp³-hybridized carbons (Fsp3) is 0.636. The molecule has 0 fully saturated rings. The first-order valence-corrected chi connectivity index (χ1v) is 5.43. The van der Waals surface area contributed by atoms with Crippen molar-refractivity contribution in [1.82, 2.24) is 9.97 Å². The van der Waals surface area contributed by atoms with Gasteiger partial charge in [-0.05, 0) is 19.3 Å². The Morgan fingerprint density at radius 1 is 1.53 bits per heavy atom. The minimum Gasteiger partial charge on any atom is -0.363 e. The highest BCUT2D eigenvalue weighted by atomic mass is 16.1. The van der Waals surface area contributed by atoms with Crippen LogP contribution in [0.25, 0.3) is 0 Å². The monoisotopic (exact) mass is 209 g/mol. The van der Waals surface area contributed by atoms with Crippen molar-refractivity contribution in [1.29, 1.82) is 0 Å². The summed E-state index contributed by atoms with van der Waals surface area (Å²) in [4.78, 5) is 17.9. The molecule has 2 unspecified atom stereocenters. The van der Waals surface area contributed by atoms with Gasteiger partial charge in [-0.2, -0.15) is 0 Å². The van der Waals surface area contributed by atoms with E-state index in [-0.39, 0.29) is 11.6 Å². The molecule has 0 saturated carbocycles. The lowest BCUT2D eigenvalue weighted by molar-refractivity contribution is 0.483.